The Labute approximate surface area is 166 Å². The lowest BCUT2D eigenvalue weighted by Gasteiger charge is -2.30. The van der Waals surface area contributed by atoms with Gasteiger partial charge in [0.25, 0.3) is 0 Å². The van der Waals surface area contributed by atoms with Gasteiger partial charge < -0.3 is 14.4 Å². The molecule has 0 radical (unpaired) electrons. The molecular weight excluding hydrogens is 379 g/mol. The lowest BCUT2D eigenvalue weighted by Crippen LogP contribution is -2.36. The van der Waals surface area contributed by atoms with Crippen molar-refractivity contribution in [3.8, 4) is 5.75 Å². The zero-order valence-electron chi connectivity index (χ0n) is 15.8. The number of morpholine rings is 1. The second kappa shape index (κ2) is 7.26. The van der Waals surface area contributed by atoms with Crippen LogP contribution < -0.4 is 9.64 Å². The predicted molar refractivity (Wildman–Crippen MR) is 105 cm³/mol. The van der Waals surface area contributed by atoms with Gasteiger partial charge in [-0.3, -0.25) is 0 Å². The van der Waals surface area contributed by atoms with E-state index in [2.05, 4.69) is 23.1 Å². The lowest BCUT2D eigenvalue weighted by atomic mass is 9.93. The van der Waals surface area contributed by atoms with Crippen molar-refractivity contribution in [3.05, 3.63) is 71.0 Å². The Kier molecular flexibility index (Phi) is 4.59. The topological polar surface area (TPSA) is 21.7 Å². The Morgan fingerprint density at radius 2 is 1.66 bits per heavy atom. The molecule has 3 aromatic carbocycles. The van der Waals surface area contributed by atoms with Gasteiger partial charge >= 0.3 is 0 Å². The first-order valence-electron chi connectivity index (χ1n) is 9.79. The van der Waals surface area contributed by atoms with Crippen LogP contribution >= 0.6 is 0 Å². The summed E-state index contributed by atoms with van der Waals surface area (Å²) in [6.45, 7) is 3.22. The number of aryl methyl sites for hydroxylation is 1. The highest BCUT2D eigenvalue weighted by atomic mass is 19.2. The van der Waals surface area contributed by atoms with Crippen LogP contribution in [-0.4, -0.2) is 26.3 Å². The first-order chi connectivity index (χ1) is 14.1. The summed E-state index contributed by atoms with van der Waals surface area (Å²) >= 11 is 0. The van der Waals surface area contributed by atoms with Crippen LogP contribution in [0.5, 0.6) is 5.75 Å². The standard InChI is InChI=1S/C23H20F3NO2/c24-19-13-21(26)20(25)12-18(19)23-6-4-17-16-3-2-15(27-7-9-28-10-8-27)11-14(16)1-5-22(17)29-23/h1-3,5,11-13,23H,4,6-10H2. The van der Waals surface area contributed by atoms with Crippen LogP contribution in [0.15, 0.2) is 42.5 Å². The number of fused-ring (bicyclic) bond motifs is 3. The molecular formula is C23H20F3NO2. The second-order valence-electron chi connectivity index (χ2n) is 7.48. The molecule has 0 saturated carbocycles. The maximum absolute atomic E-state index is 14.2. The summed E-state index contributed by atoms with van der Waals surface area (Å²) < 4.78 is 52.4. The quantitative estimate of drug-likeness (QED) is 0.556. The van der Waals surface area contributed by atoms with Crippen LogP contribution in [-0.2, 0) is 11.2 Å². The van der Waals surface area contributed by atoms with E-state index in [9.17, 15) is 13.2 Å². The van der Waals surface area contributed by atoms with E-state index in [4.69, 9.17) is 9.47 Å². The van der Waals surface area contributed by atoms with E-state index in [1.54, 1.807) is 0 Å². The van der Waals surface area contributed by atoms with Gasteiger partial charge in [0.1, 0.15) is 17.7 Å². The summed E-state index contributed by atoms with van der Waals surface area (Å²) in [6, 6.07) is 11.7. The molecule has 0 amide bonds. The third-order valence-electron chi connectivity index (χ3n) is 5.76. The minimum Gasteiger partial charge on any atom is -0.485 e. The SMILES string of the molecule is Fc1cc(F)c(C2CCc3c(ccc4cc(N5CCOCC5)ccc34)O2)cc1F. The molecule has 2 aliphatic heterocycles. The van der Waals surface area contributed by atoms with Gasteiger partial charge in [0.2, 0.25) is 0 Å². The molecule has 6 heteroatoms. The molecule has 3 aromatic rings. The fourth-order valence-electron chi connectivity index (χ4n) is 4.24. The molecule has 3 nitrogen and oxygen atoms in total. The normalized spacial score (nSPS) is 19.1. The highest BCUT2D eigenvalue weighted by molar-refractivity contribution is 5.90. The van der Waals surface area contributed by atoms with Crippen molar-refractivity contribution >= 4 is 16.5 Å². The monoisotopic (exact) mass is 399 g/mol. The minimum absolute atomic E-state index is 0.0531. The Balaban J connectivity index is 1.46. The molecule has 0 aliphatic carbocycles. The first-order valence-corrected chi connectivity index (χ1v) is 9.79. The third-order valence-corrected chi connectivity index (χ3v) is 5.76. The number of hydrogen-bond donors (Lipinski definition) is 0. The summed E-state index contributed by atoms with van der Waals surface area (Å²) in [6.07, 6.45) is 0.536. The van der Waals surface area contributed by atoms with Crippen molar-refractivity contribution < 1.29 is 22.6 Å². The molecule has 0 spiro atoms. The van der Waals surface area contributed by atoms with Crippen LogP contribution in [0.2, 0.25) is 0 Å². The van der Waals surface area contributed by atoms with Crippen molar-refractivity contribution in [2.45, 2.75) is 18.9 Å². The maximum Gasteiger partial charge on any atom is 0.161 e. The van der Waals surface area contributed by atoms with Crippen molar-refractivity contribution in [1.82, 2.24) is 0 Å². The van der Waals surface area contributed by atoms with E-state index in [1.165, 1.54) is 5.69 Å². The number of anilines is 1. The highest BCUT2D eigenvalue weighted by Crippen LogP contribution is 2.40. The van der Waals surface area contributed by atoms with E-state index >= 15 is 0 Å². The van der Waals surface area contributed by atoms with Gasteiger partial charge in [0.15, 0.2) is 11.6 Å². The van der Waals surface area contributed by atoms with Crippen molar-refractivity contribution in [2.24, 2.45) is 0 Å². The molecule has 0 aromatic heterocycles. The highest BCUT2D eigenvalue weighted by Gasteiger charge is 2.26. The third kappa shape index (κ3) is 3.31. The van der Waals surface area contributed by atoms with Gasteiger partial charge in [-0.05, 0) is 47.9 Å². The first kappa shape index (κ1) is 18.3. The van der Waals surface area contributed by atoms with Crippen LogP contribution in [0.3, 0.4) is 0 Å². The molecule has 1 fully saturated rings. The fourth-order valence-corrected chi connectivity index (χ4v) is 4.24. The second-order valence-corrected chi connectivity index (χ2v) is 7.48. The molecule has 0 N–H and O–H groups in total. The number of hydrogen-bond acceptors (Lipinski definition) is 3. The van der Waals surface area contributed by atoms with Gasteiger partial charge in [-0.15, -0.1) is 0 Å². The number of rotatable bonds is 2. The number of ether oxygens (including phenoxy) is 2. The Hall–Kier alpha value is -2.73. The van der Waals surface area contributed by atoms with Crippen LogP contribution in [0, 0.1) is 17.5 Å². The van der Waals surface area contributed by atoms with E-state index < -0.39 is 23.6 Å². The summed E-state index contributed by atoms with van der Waals surface area (Å²) in [5.41, 5.74) is 2.28. The zero-order chi connectivity index (χ0) is 20.0. The van der Waals surface area contributed by atoms with E-state index in [0.29, 0.717) is 24.7 Å². The average Bonchev–Trinajstić information content (AvgIpc) is 2.76. The smallest absolute Gasteiger partial charge is 0.161 e. The molecule has 29 heavy (non-hydrogen) atoms. The maximum atomic E-state index is 14.2. The minimum atomic E-state index is -1.19. The molecule has 1 saturated heterocycles. The Morgan fingerprint density at radius 3 is 2.48 bits per heavy atom. The van der Waals surface area contributed by atoms with Crippen molar-refractivity contribution in [2.75, 3.05) is 31.2 Å². The van der Waals surface area contributed by atoms with Crippen molar-refractivity contribution in [3.63, 3.8) is 0 Å². The average molecular weight is 399 g/mol. The van der Waals surface area contributed by atoms with Gasteiger partial charge in [-0.25, -0.2) is 13.2 Å². The fraction of sp³-hybridized carbons (Fsp3) is 0.304. The van der Waals surface area contributed by atoms with Crippen molar-refractivity contribution in [1.29, 1.82) is 0 Å². The molecule has 0 bridgehead atoms. The Bertz CT molecular complexity index is 1080. The van der Waals surface area contributed by atoms with Crippen LogP contribution in [0.25, 0.3) is 10.8 Å². The molecule has 2 aliphatic rings. The molecule has 150 valence electrons. The number of nitrogens with zero attached hydrogens (tertiary/aromatic N) is 1. The van der Waals surface area contributed by atoms with Crippen LogP contribution in [0.1, 0.15) is 23.7 Å². The van der Waals surface area contributed by atoms with E-state index in [0.717, 1.165) is 48.7 Å². The van der Waals surface area contributed by atoms with Gasteiger partial charge in [0, 0.05) is 36.0 Å². The molecule has 1 unspecified atom stereocenters. The summed E-state index contributed by atoms with van der Waals surface area (Å²) in [5, 5.41) is 2.22. The zero-order valence-corrected chi connectivity index (χ0v) is 15.8. The Morgan fingerprint density at radius 1 is 0.862 bits per heavy atom. The molecule has 1 atom stereocenters. The van der Waals surface area contributed by atoms with Crippen LogP contribution in [0.4, 0.5) is 18.9 Å². The van der Waals surface area contributed by atoms with Gasteiger partial charge in [-0.2, -0.15) is 0 Å². The van der Waals surface area contributed by atoms with E-state index in [-0.39, 0.29) is 5.56 Å². The van der Waals surface area contributed by atoms with Gasteiger partial charge in [-0.1, -0.05) is 12.1 Å². The summed E-state index contributed by atoms with van der Waals surface area (Å²) in [4.78, 5) is 2.31. The lowest BCUT2D eigenvalue weighted by molar-refractivity contribution is 0.122. The largest absolute Gasteiger partial charge is 0.485 e. The number of halogens is 3. The molecule has 2 heterocycles. The number of benzene rings is 3. The summed E-state index contributed by atoms with van der Waals surface area (Å²) in [7, 11) is 0. The molecule has 5 rings (SSSR count). The van der Waals surface area contributed by atoms with Gasteiger partial charge in [0.05, 0.1) is 13.2 Å². The van der Waals surface area contributed by atoms with E-state index in [1.807, 2.05) is 12.1 Å². The summed E-state index contributed by atoms with van der Waals surface area (Å²) in [5.74, 6) is -2.38. The predicted octanol–water partition coefficient (Wildman–Crippen LogP) is 5.16.